The van der Waals surface area contributed by atoms with E-state index >= 15 is 0 Å². The van der Waals surface area contributed by atoms with Crippen molar-refractivity contribution < 1.29 is 19.1 Å². The molecule has 1 saturated heterocycles. The molecule has 1 N–H and O–H groups in total. The van der Waals surface area contributed by atoms with Crippen LogP contribution in [0.4, 0.5) is 5.00 Å². The highest BCUT2D eigenvalue weighted by Gasteiger charge is 2.33. The van der Waals surface area contributed by atoms with Crippen LogP contribution in [0.5, 0.6) is 0 Å². The minimum absolute atomic E-state index is 0.0449. The number of nitrogens with one attached hydrogen (secondary N) is 1. The number of esters is 1. The van der Waals surface area contributed by atoms with Gasteiger partial charge in [-0.1, -0.05) is 0 Å². The highest BCUT2D eigenvalue weighted by molar-refractivity contribution is 7.16. The molecule has 1 atom stereocenters. The molecule has 0 radical (unpaired) electrons. The molecule has 0 aromatic carbocycles. The fourth-order valence-corrected chi connectivity index (χ4v) is 4.04. The van der Waals surface area contributed by atoms with Crippen LogP contribution in [-0.2, 0) is 14.3 Å². The Morgan fingerprint density at radius 1 is 1.20 bits per heavy atom. The van der Waals surface area contributed by atoms with Crippen LogP contribution >= 0.6 is 11.3 Å². The number of hydrogen-bond acceptors (Lipinski definition) is 5. The number of carbonyl (C=O) groups excluding carboxylic acids is 3. The maximum Gasteiger partial charge on any atom is 0.342 e. The predicted octanol–water partition coefficient (Wildman–Crippen LogP) is 2.88. The summed E-state index contributed by atoms with van der Waals surface area (Å²) >= 11 is 1.38. The molecule has 2 heterocycles. The van der Waals surface area contributed by atoms with Gasteiger partial charge in [-0.05, 0) is 52.0 Å². The first-order valence-electron chi connectivity index (χ1n) is 8.79. The van der Waals surface area contributed by atoms with Gasteiger partial charge in [-0.15, -0.1) is 11.3 Å². The Kier molecular flexibility index (Phi) is 5.13. The monoisotopic (exact) mass is 364 g/mol. The van der Waals surface area contributed by atoms with Crippen molar-refractivity contribution in [2.45, 2.75) is 52.6 Å². The number of rotatable bonds is 5. The summed E-state index contributed by atoms with van der Waals surface area (Å²) in [6.45, 7) is 6.79. The topological polar surface area (TPSA) is 75.7 Å². The number of thiophene rings is 1. The van der Waals surface area contributed by atoms with Gasteiger partial charge in [0.15, 0.2) is 6.10 Å². The van der Waals surface area contributed by atoms with E-state index in [-0.39, 0.29) is 17.7 Å². The molecule has 136 valence electrons. The summed E-state index contributed by atoms with van der Waals surface area (Å²) in [5.41, 5.74) is 1.17. The highest BCUT2D eigenvalue weighted by Crippen LogP contribution is 2.36. The van der Waals surface area contributed by atoms with Crippen LogP contribution in [0, 0.1) is 19.8 Å². The van der Waals surface area contributed by atoms with Crippen molar-refractivity contribution in [3.05, 3.63) is 16.0 Å². The van der Waals surface area contributed by atoms with Crippen LogP contribution < -0.4 is 5.32 Å². The van der Waals surface area contributed by atoms with Crippen molar-refractivity contribution in [3.8, 4) is 0 Å². The molecule has 2 aliphatic rings. The lowest BCUT2D eigenvalue weighted by Gasteiger charge is -2.20. The molecule has 2 amide bonds. The Balaban J connectivity index is 1.72. The van der Waals surface area contributed by atoms with Crippen LogP contribution in [0.1, 0.15) is 53.4 Å². The van der Waals surface area contributed by atoms with Crippen molar-refractivity contribution in [2.24, 2.45) is 5.92 Å². The third-order valence-corrected chi connectivity index (χ3v) is 5.95. The molecule has 1 aliphatic heterocycles. The van der Waals surface area contributed by atoms with Crippen LogP contribution in [0.3, 0.4) is 0 Å². The standard InChI is InChI=1S/C18H24N2O4S/c1-10-12(3)25-16(19-15(21)13-6-7-13)14(10)18(23)24-11(2)17(22)20-8-4-5-9-20/h11,13H,4-9H2,1-3H3,(H,19,21)/t11-/m0/s1. The zero-order chi connectivity index (χ0) is 18.1. The molecule has 7 heteroatoms. The number of nitrogens with zero attached hydrogens (tertiary/aromatic N) is 1. The number of carbonyl (C=O) groups is 3. The van der Waals surface area contributed by atoms with E-state index in [4.69, 9.17) is 4.74 Å². The second kappa shape index (κ2) is 7.15. The third-order valence-electron chi connectivity index (χ3n) is 4.82. The Morgan fingerprint density at radius 2 is 1.84 bits per heavy atom. The van der Waals surface area contributed by atoms with Gasteiger partial charge in [0.2, 0.25) is 5.91 Å². The first kappa shape index (κ1) is 17.9. The van der Waals surface area contributed by atoms with Crippen molar-refractivity contribution in [2.75, 3.05) is 18.4 Å². The summed E-state index contributed by atoms with van der Waals surface area (Å²) in [5.74, 6) is -0.689. The fourth-order valence-electron chi connectivity index (χ4n) is 2.98. The van der Waals surface area contributed by atoms with Crippen LogP contribution in [0.2, 0.25) is 0 Å². The first-order valence-corrected chi connectivity index (χ1v) is 9.60. The van der Waals surface area contributed by atoms with Crippen LogP contribution in [0.25, 0.3) is 0 Å². The lowest BCUT2D eigenvalue weighted by Crippen LogP contribution is -2.38. The van der Waals surface area contributed by atoms with Crippen molar-refractivity contribution in [1.29, 1.82) is 0 Å². The van der Waals surface area contributed by atoms with Crippen LogP contribution in [0.15, 0.2) is 0 Å². The number of anilines is 1. The average molecular weight is 364 g/mol. The lowest BCUT2D eigenvalue weighted by atomic mass is 10.1. The maximum absolute atomic E-state index is 12.7. The summed E-state index contributed by atoms with van der Waals surface area (Å²) in [5, 5.41) is 3.38. The fraction of sp³-hybridized carbons (Fsp3) is 0.611. The van der Waals surface area contributed by atoms with E-state index in [9.17, 15) is 14.4 Å². The SMILES string of the molecule is Cc1sc(NC(=O)C2CC2)c(C(=O)O[C@@H](C)C(=O)N2CCCC2)c1C. The second-order valence-electron chi connectivity index (χ2n) is 6.83. The van der Waals surface area contributed by atoms with Crippen molar-refractivity contribution in [3.63, 3.8) is 0 Å². The van der Waals surface area contributed by atoms with Gasteiger partial charge in [0.05, 0.1) is 5.56 Å². The molecule has 0 bridgehead atoms. The molecular weight excluding hydrogens is 340 g/mol. The molecular formula is C18H24N2O4S. The van der Waals surface area contributed by atoms with Gasteiger partial charge in [-0.25, -0.2) is 4.79 Å². The molecule has 1 aromatic heterocycles. The van der Waals surface area contributed by atoms with Gasteiger partial charge >= 0.3 is 5.97 Å². The smallest absolute Gasteiger partial charge is 0.342 e. The molecule has 1 aromatic rings. The van der Waals surface area contributed by atoms with Crippen LogP contribution in [-0.4, -0.2) is 41.9 Å². The number of amides is 2. The van der Waals surface area contributed by atoms with Crippen molar-refractivity contribution in [1.82, 2.24) is 4.90 Å². The van der Waals surface area contributed by atoms with E-state index in [1.165, 1.54) is 11.3 Å². The van der Waals surface area contributed by atoms with E-state index < -0.39 is 12.1 Å². The number of ether oxygens (including phenoxy) is 1. The minimum atomic E-state index is -0.822. The molecule has 2 fully saturated rings. The summed E-state index contributed by atoms with van der Waals surface area (Å²) in [7, 11) is 0. The molecule has 1 aliphatic carbocycles. The number of aryl methyl sites for hydroxylation is 1. The largest absolute Gasteiger partial charge is 0.449 e. The normalized spacial score (nSPS) is 18.1. The summed E-state index contributed by atoms with van der Waals surface area (Å²) < 4.78 is 5.43. The quantitative estimate of drug-likeness (QED) is 0.815. The van der Waals surface area contributed by atoms with E-state index in [1.807, 2.05) is 13.8 Å². The van der Waals surface area contributed by atoms with E-state index in [0.29, 0.717) is 10.6 Å². The van der Waals surface area contributed by atoms with Gasteiger partial charge in [0.1, 0.15) is 5.00 Å². The summed E-state index contributed by atoms with van der Waals surface area (Å²) in [4.78, 5) is 39.8. The Bertz CT molecular complexity index is 702. The van der Waals surface area contributed by atoms with E-state index in [0.717, 1.165) is 49.2 Å². The van der Waals surface area contributed by atoms with Gasteiger partial charge in [0.25, 0.3) is 5.91 Å². The lowest BCUT2D eigenvalue weighted by molar-refractivity contribution is -0.138. The first-order chi connectivity index (χ1) is 11.9. The van der Waals surface area contributed by atoms with Gasteiger partial charge in [-0.2, -0.15) is 0 Å². The number of likely N-dealkylation sites (tertiary alicyclic amines) is 1. The zero-order valence-corrected chi connectivity index (χ0v) is 15.7. The summed E-state index contributed by atoms with van der Waals surface area (Å²) in [6.07, 6.45) is 2.96. The third kappa shape index (κ3) is 3.86. The Morgan fingerprint density at radius 3 is 2.44 bits per heavy atom. The Hall–Kier alpha value is -1.89. The summed E-state index contributed by atoms with van der Waals surface area (Å²) in [6, 6.07) is 0. The van der Waals surface area contributed by atoms with Gasteiger partial charge < -0.3 is 15.0 Å². The molecule has 0 unspecified atom stereocenters. The average Bonchev–Trinajstić information content (AvgIpc) is 3.20. The Labute approximate surface area is 151 Å². The highest BCUT2D eigenvalue weighted by atomic mass is 32.1. The minimum Gasteiger partial charge on any atom is -0.449 e. The van der Waals surface area contributed by atoms with Gasteiger partial charge in [-0.3, -0.25) is 9.59 Å². The van der Waals surface area contributed by atoms with E-state index in [2.05, 4.69) is 5.32 Å². The zero-order valence-electron chi connectivity index (χ0n) is 14.9. The second-order valence-corrected chi connectivity index (χ2v) is 8.06. The van der Waals surface area contributed by atoms with Crippen molar-refractivity contribution >= 4 is 34.1 Å². The molecule has 1 saturated carbocycles. The maximum atomic E-state index is 12.7. The molecule has 6 nitrogen and oxygen atoms in total. The molecule has 3 rings (SSSR count). The molecule has 25 heavy (non-hydrogen) atoms. The van der Waals surface area contributed by atoms with Gasteiger partial charge in [0, 0.05) is 23.9 Å². The number of hydrogen-bond donors (Lipinski definition) is 1. The van der Waals surface area contributed by atoms with E-state index in [1.54, 1.807) is 11.8 Å². The predicted molar refractivity (Wildman–Crippen MR) is 95.8 cm³/mol. The molecule has 0 spiro atoms.